The van der Waals surface area contributed by atoms with Crippen LogP contribution < -0.4 is 10.5 Å². The van der Waals surface area contributed by atoms with Crippen molar-refractivity contribution >= 4 is 15.9 Å². The van der Waals surface area contributed by atoms with Crippen molar-refractivity contribution in [1.29, 1.82) is 0 Å². The number of H-pyrrole nitrogens is 1. The molecule has 1 heterocycles. The van der Waals surface area contributed by atoms with Crippen LogP contribution in [0, 0.1) is 6.92 Å². The fourth-order valence-corrected chi connectivity index (χ4v) is 2.55. The number of hydrogen-bond donors (Lipinski definition) is 3. The van der Waals surface area contributed by atoms with Gasteiger partial charge in [-0.25, -0.2) is 13.6 Å². The Morgan fingerprint density at radius 2 is 2.00 bits per heavy atom. The minimum Gasteiger partial charge on any atom is -0.348 e. The monoisotopic (exact) mass is 274 g/mol. The lowest BCUT2D eigenvalue weighted by molar-refractivity contribution is 0.0926. The Balaban J connectivity index is 3.08. The predicted molar refractivity (Wildman–Crippen MR) is 66.5 cm³/mol. The number of nitrogens with two attached hydrogens (primary N) is 1. The summed E-state index contributed by atoms with van der Waals surface area (Å²) in [6.45, 7) is 5.37. The third kappa shape index (κ3) is 3.08. The molecule has 7 nitrogen and oxygen atoms in total. The van der Waals surface area contributed by atoms with Gasteiger partial charge < -0.3 is 5.32 Å². The van der Waals surface area contributed by atoms with E-state index in [0.29, 0.717) is 0 Å². The van der Waals surface area contributed by atoms with Gasteiger partial charge in [0.25, 0.3) is 5.91 Å². The third-order valence-corrected chi connectivity index (χ3v) is 3.78. The Bertz CT molecular complexity index is 531. The topological polar surface area (TPSA) is 118 Å². The first-order chi connectivity index (χ1) is 8.31. The summed E-state index contributed by atoms with van der Waals surface area (Å²) in [6.07, 6.45) is 1.52. The number of sulfonamides is 1. The summed E-state index contributed by atoms with van der Waals surface area (Å²) in [5.74, 6) is -0.530. The zero-order valence-corrected chi connectivity index (χ0v) is 11.5. The Morgan fingerprint density at radius 1 is 1.44 bits per heavy atom. The molecule has 0 aliphatic carbocycles. The molecular weight excluding hydrogens is 256 g/mol. The van der Waals surface area contributed by atoms with E-state index in [1.165, 1.54) is 6.92 Å². The molecule has 0 saturated carbocycles. The molecule has 0 fully saturated rings. The molecule has 0 saturated heterocycles. The van der Waals surface area contributed by atoms with Crippen molar-refractivity contribution in [3.05, 3.63) is 11.4 Å². The summed E-state index contributed by atoms with van der Waals surface area (Å²) < 4.78 is 22.8. The molecule has 1 rings (SSSR count). The fraction of sp³-hybridized carbons (Fsp3) is 0.600. The molecule has 0 spiro atoms. The molecule has 0 aliphatic rings. The quantitative estimate of drug-likeness (QED) is 0.714. The van der Waals surface area contributed by atoms with E-state index in [-0.39, 0.29) is 22.3 Å². The Kier molecular flexibility index (Phi) is 4.47. The van der Waals surface area contributed by atoms with E-state index < -0.39 is 15.9 Å². The van der Waals surface area contributed by atoms with Gasteiger partial charge in [-0.2, -0.15) is 5.10 Å². The van der Waals surface area contributed by atoms with Crippen molar-refractivity contribution < 1.29 is 13.2 Å². The first-order valence-corrected chi connectivity index (χ1v) is 7.24. The summed E-state index contributed by atoms with van der Waals surface area (Å²) in [4.78, 5) is 11.7. The summed E-state index contributed by atoms with van der Waals surface area (Å²) in [5.41, 5.74) is 0.0779. The van der Waals surface area contributed by atoms with Crippen LogP contribution in [0.5, 0.6) is 0 Å². The van der Waals surface area contributed by atoms with Crippen molar-refractivity contribution in [2.45, 2.75) is 44.6 Å². The average Bonchev–Trinajstić information content (AvgIpc) is 2.67. The third-order valence-electron chi connectivity index (χ3n) is 2.71. The normalized spacial score (nSPS) is 11.8. The van der Waals surface area contributed by atoms with Gasteiger partial charge in [-0.15, -0.1) is 0 Å². The lowest BCUT2D eigenvalue weighted by Crippen LogP contribution is -2.35. The first kappa shape index (κ1) is 14.7. The Morgan fingerprint density at radius 3 is 2.44 bits per heavy atom. The minimum atomic E-state index is -3.97. The molecule has 4 N–H and O–H groups in total. The van der Waals surface area contributed by atoms with Crippen LogP contribution in [0.1, 0.15) is 42.9 Å². The molecule has 0 atom stereocenters. The number of aromatic nitrogens is 2. The molecule has 0 radical (unpaired) electrons. The van der Waals surface area contributed by atoms with Crippen molar-refractivity contribution in [2.75, 3.05) is 0 Å². The highest BCUT2D eigenvalue weighted by atomic mass is 32.2. The van der Waals surface area contributed by atoms with Gasteiger partial charge in [0.2, 0.25) is 10.0 Å². The molecule has 0 bridgehead atoms. The van der Waals surface area contributed by atoms with E-state index in [2.05, 4.69) is 15.5 Å². The number of aryl methyl sites for hydroxylation is 1. The van der Waals surface area contributed by atoms with Gasteiger partial charge in [-0.05, 0) is 19.8 Å². The van der Waals surface area contributed by atoms with Crippen LogP contribution in [0.3, 0.4) is 0 Å². The molecule has 0 unspecified atom stereocenters. The average molecular weight is 274 g/mol. The summed E-state index contributed by atoms with van der Waals surface area (Å²) in [5, 5.41) is 14.0. The summed E-state index contributed by atoms with van der Waals surface area (Å²) in [7, 11) is -3.97. The maximum atomic E-state index is 11.9. The summed E-state index contributed by atoms with van der Waals surface area (Å²) in [6, 6.07) is -0.0113. The summed E-state index contributed by atoms with van der Waals surface area (Å²) >= 11 is 0. The zero-order chi connectivity index (χ0) is 13.9. The second kappa shape index (κ2) is 5.49. The Labute approximate surface area is 106 Å². The maximum Gasteiger partial charge on any atom is 0.273 e. The largest absolute Gasteiger partial charge is 0.348 e. The van der Waals surface area contributed by atoms with E-state index in [4.69, 9.17) is 5.14 Å². The Hall–Kier alpha value is -1.41. The smallest absolute Gasteiger partial charge is 0.273 e. The lowest BCUT2D eigenvalue weighted by Gasteiger charge is -2.13. The molecule has 18 heavy (non-hydrogen) atoms. The fourth-order valence-electron chi connectivity index (χ4n) is 1.67. The number of rotatable bonds is 5. The second-order valence-corrected chi connectivity index (χ2v) is 5.56. The molecular formula is C10H18N4O3S. The molecule has 102 valence electrons. The number of nitrogens with zero attached hydrogens (tertiary/aromatic N) is 1. The molecule has 1 aromatic rings. The van der Waals surface area contributed by atoms with Crippen molar-refractivity contribution in [2.24, 2.45) is 5.14 Å². The predicted octanol–water partition coefficient (Wildman–Crippen LogP) is 0.284. The number of amides is 1. The second-order valence-electron chi connectivity index (χ2n) is 4.06. The highest BCUT2D eigenvalue weighted by Crippen LogP contribution is 2.16. The van der Waals surface area contributed by atoms with E-state index in [1.54, 1.807) is 0 Å². The number of aromatic amines is 1. The maximum absolute atomic E-state index is 11.9. The van der Waals surface area contributed by atoms with Crippen LogP contribution in [0.25, 0.3) is 0 Å². The zero-order valence-electron chi connectivity index (χ0n) is 10.6. The number of hydrogen-bond acceptors (Lipinski definition) is 4. The van der Waals surface area contributed by atoms with Crippen LogP contribution in [-0.4, -0.2) is 30.6 Å². The van der Waals surface area contributed by atoms with Crippen molar-refractivity contribution in [3.8, 4) is 0 Å². The first-order valence-electron chi connectivity index (χ1n) is 5.69. The molecule has 8 heteroatoms. The molecule has 1 aromatic heterocycles. The van der Waals surface area contributed by atoms with Crippen LogP contribution in [0.4, 0.5) is 0 Å². The molecule has 0 aromatic carbocycles. The van der Waals surface area contributed by atoms with Crippen molar-refractivity contribution in [3.63, 3.8) is 0 Å². The van der Waals surface area contributed by atoms with Gasteiger partial charge in [0.05, 0.1) is 5.69 Å². The molecule has 0 aliphatic heterocycles. The van der Waals surface area contributed by atoms with Gasteiger partial charge in [0.15, 0.2) is 5.69 Å². The highest BCUT2D eigenvalue weighted by Gasteiger charge is 2.26. The van der Waals surface area contributed by atoms with E-state index in [0.717, 1.165) is 12.8 Å². The van der Waals surface area contributed by atoms with E-state index >= 15 is 0 Å². The number of primary sulfonamides is 1. The van der Waals surface area contributed by atoms with Crippen LogP contribution >= 0.6 is 0 Å². The standard InChI is InChI=1S/C10H18N4O3S/c1-4-7(5-2)12-10(15)8-9(18(11,16)17)6(3)13-14-8/h7H,4-5H2,1-3H3,(H,12,15)(H,13,14)(H2,11,16,17). The van der Waals surface area contributed by atoms with Crippen LogP contribution in [-0.2, 0) is 10.0 Å². The van der Waals surface area contributed by atoms with Gasteiger partial charge in [0, 0.05) is 6.04 Å². The van der Waals surface area contributed by atoms with Gasteiger partial charge in [-0.1, -0.05) is 13.8 Å². The van der Waals surface area contributed by atoms with Crippen LogP contribution in [0.15, 0.2) is 4.90 Å². The lowest BCUT2D eigenvalue weighted by atomic mass is 10.1. The van der Waals surface area contributed by atoms with E-state index in [1.807, 2.05) is 13.8 Å². The number of carbonyl (C=O) groups excluding carboxylic acids is 1. The van der Waals surface area contributed by atoms with Gasteiger partial charge in [-0.3, -0.25) is 9.89 Å². The highest BCUT2D eigenvalue weighted by molar-refractivity contribution is 7.89. The van der Waals surface area contributed by atoms with Crippen LogP contribution in [0.2, 0.25) is 0 Å². The minimum absolute atomic E-state index is 0.0113. The van der Waals surface area contributed by atoms with E-state index in [9.17, 15) is 13.2 Å². The molecule has 1 amide bonds. The number of nitrogens with one attached hydrogen (secondary N) is 2. The van der Waals surface area contributed by atoms with Crippen molar-refractivity contribution in [1.82, 2.24) is 15.5 Å². The SMILES string of the molecule is CCC(CC)NC(=O)c1n[nH]c(C)c1S(N)(=O)=O. The van der Waals surface area contributed by atoms with Gasteiger partial charge in [0.1, 0.15) is 4.90 Å². The van der Waals surface area contributed by atoms with Gasteiger partial charge >= 0.3 is 0 Å². The number of carbonyl (C=O) groups is 1.